The lowest BCUT2D eigenvalue weighted by Gasteiger charge is -2.11. The second-order valence-corrected chi connectivity index (χ2v) is 6.78. The van der Waals surface area contributed by atoms with Crippen molar-refractivity contribution < 1.29 is 30.8 Å². The van der Waals surface area contributed by atoms with Crippen LogP contribution in [0, 0.1) is 23.3 Å². The Kier molecular flexibility index (Phi) is 6.49. The Bertz CT molecular complexity index is 691. The molecule has 0 bridgehead atoms. The Labute approximate surface area is 138 Å². The minimum atomic E-state index is -2.08. The number of hydrogen-bond donors (Lipinski definition) is 0. The third kappa shape index (κ3) is 4.21. The summed E-state index contributed by atoms with van der Waals surface area (Å²) in [6, 6.07) is 7.00. The largest absolute Gasteiger partial charge is 0.483 e. The summed E-state index contributed by atoms with van der Waals surface area (Å²) in [6.45, 7) is 0.381. The Morgan fingerprint density at radius 3 is 2.08 bits per heavy atom. The first kappa shape index (κ1) is 18.6. The van der Waals surface area contributed by atoms with Crippen LogP contribution in [-0.4, -0.2) is 30.4 Å². The van der Waals surface area contributed by atoms with Gasteiger partial charge in [0.25, 0.3) is 0 Å². The van der Waals surface area contributed by atoms with E-state index in [4.69, 9.17) is 13.3 Å². The summed E-state index contributed by atoms with van der Waals surface area (Å²) in [5, 5.41) is 0. The fourth-order valence-corrected chi connectivity index (χ4v) is 2.91. The SMILES string of the molecule is CO[SiH](OC)OCCc1ccc(-c2cc(F)c(F)c(F)c2F)cc1. The average Bonchev–Trinajstić information content (AvgIpc) is 2.61. The summed E-state index contributed by atoms with van der Waals surface area (Å²) in [5.74, 6) is -6.49. The van der Waals surface area contributed by atoms with Crippen molar-refractivity contribution in [1.82, 2.24) is 0 Å². The van der Waals surface area contributed by atoms with Crippen molar-refractivity contribution >= 4 is 9.53 Å². The molecule has 0 saturated heterocycles. The molecule has 2 rings (SSSR count). The highest BCUT2D eigenvalue weighted by Crippen LogP contribution is 2.28. The molecule has 0 amide bonds. The van der Waals surface area contributed by atoms with E-state index in [0.29, 0.717) is 19.1 Å². The zero-order valence-electron chi connectivity index (χ0n) is 13.1. The van der Waals surface area contributed by atoms with E-state index in [9.17, 15) is 17.6 Å². The van der Waals surface area contributed by atoms with Gasteiger partial charge in [-0.15, -0.1) is 0 Å². The van der Waals surface area contributed by atoms with Crippen LogP contribution >= 0.6 is 0 Å². The maximum Gasteiger partial charge on any atom is 0.483 e. The predicted molar refractivity (Wildman–Crippen MR) is 82.5 cm³/mol. The topological polar surface area (TPSA) is 27.7 Å². The lowest BCUT2D eigenvalue weighted by Crippen LogP contribution is -2.24. The quantitative estimate of drug-likeness (QED) is 0.327. The highest BCUT2D eigenvalue weighted by Gasteiger charge is 2.19. The van der Waals surface area contributed by atoms with Crippen molar-refractivity contribution in [2.45, 2.75) is 6.42 Å². The van der Waals surface area contributed by atoms with Crippen molar-refractivity contribution in [2.24, 2.45) is 0 Å². The first-order valence-electron chi connectivity index (χ1n) is 7.07. The first-order chi connectivity index (χ1) is 11.5. The normalized spacial score (nSPS) is 11.3. The molecule has 130 valence electrons. The predicted octanol–water partition coefficient (Wildman–Crippen LogP) is 3.48. The van der Waals surface area contributed by atoms with Gasteiger partial charge >= 0.3 is 9.53 Å². The third-order valence-corrected chi connectivity index (χ3v) is 4.67. The van der Waals surface area contributed by atoms with Crippen LogP contribution in [0.25, 0.3) is 11.1 Å². The maximum absolute atomic E-state index is 13.8. The third-order valence-electron chi connectivity index (χ3n) is 3.40. The molecule has 0 aliphatic rings. The first-order valence-corrected chi connectivity index (χ1v) is 8.48. The molecular weight excluding hydrogens is 344 g/mol. The van der Waals surface area contributed by atoms with Gasteiger partial charge in [-0.1, -0.05) is 24.3 Å². The molecule has 0 spiro atoms. The minimum Gasteiger partial charge on any atom is -0.379 e. The number of halogens is 4. The Hall–Kier alpha value is -1.74. The number of rotatable bonds is 7. The van der Waals surface area contributed by atoms with E-state index < -0.39 is 32.8 Å². The minimum absolute atomic E-state index is 0.246. The van der Waals surface area contributed by atoms with Crippen LogP contribution in [-0.2, 0) is 19.7 Å². The molecule has 8 heteroatoms. The second-order valence-electron chi connectivity index (χ2n) is 4.93. The van der Waals surface area contributed by atoms with E-state index in [1.165, 1.54) is 26.4 Å². The molecule has 0 unspecified atom stereocenters. The van der Waals surface area contributed by atoms with Gasteiger partial charge in [-0.3, -0.25) is 0 Å². The molecule has 0 atom stereocenters. The van der Waals surface area contributed by atoms with Crippen LogP contribution < -0.4 is 0 Å². The molecule has 3 nitrogen and oxygen atoms in total. The Balaban J connectivity index is 2.10. The molecule has 0 aliphatic heterocycles. The van der Waals surface area contributed by atoms with E-state index in [1.807, 2.05) is 0 Å². The van der Waals surface area contributed by atoms with Crippen LogP contribution in [0.1, 0.15) is 5.56 Å². The lowest BCUT2D eigenvalue weighted by atomic mass is 10.0. The summed E-state index contributed by atoms with van der Waals surface area (Å²) in [6.07, 6.45) is 0.561. The van der Waals surface area contributed by atoms with Gasteiger partial charge in [0, 0.05) is 26.4 Å². The van der Waals surface area contributed by atoms with Gasteiger partial charge in [-0.05, 0) is 23.6 Å². The van der Waals surface area contributed by atoms with E-state index in [1.54, 1.807) is 12.1 Å². The van der Waals surface area contributed by atoms with Gasteiger partial charge < -0.3 is 13.3 Å². The van der Waals surface area contributed by atoms with Crippen LogP contribution in [0.3, 0.4) is 0 Å². The summed E-state index contributed by atoms with van der Waals surface area (Å²) < 4.78 is 68.8. The highest BCUT2D eigenvalue weighted by atomic mass is 28.3. The number of benzene rings is 2. The molecule has 2 aromatic rings. The molecule has 0 heterocycles. The zero-order valence-corrected chi connectivity index (χ0v) is 14.3. The second kappa shape index (κ2) is 8.38. The fourth-order valence-electron chi connectivity index (χ4n) is 2.14. The molecule has 0 radical (unpaired) electrons. The van der Waals surface area contributed by atoms with Crippen LogP contribution in [0.5, 0.6) is 0 Å². The van der Waals surface area contributed by atoms with Crippen molar-refractivity contribution in [3.05, 3.63) is 59.2 Å². The van der Waals surface area contributed by atoms with Crippen molar-refractivity contribution in [1.29, 1.82) is 0 Å². The van der Waals surface area contributed by atoms with Gasteiger partial charge in [0.15, 0.2) is 23.3 Å². The summed E-state index contributed by atoms with van der Waals surface area (Å²) in [7, 11) is 0.926. The number of hydrogen-bond acceptors (Lipinski definition) is 3. The van der Waals surface area contributed by atoms with Gasteiger partial charge in [-0.2, -0.15) is 0 Å². The molecular formula is C16H16F4O3Si. The van der Waals surface area contributed by atoms with Gasteiger partial charge in [0.1, 0.15) is 0 Å². The van der Waals surface area contributed by atoms with Crippen LogP contribution in [0.2, 0.25) is 0 Å². The van der Waals surface area contributed by atoms with Gasteiger partial charge in [0.05, 0.1) is 0 Å². The highest BCUT2D eigenvalue weighted by molar-refractivity contribution is 6.36. The van der Waals surface area contributed by atoms with Crippen LogP contribution in [0.15, 0.2) is 30.3 Å². The Morgan fingerprint density at radius 1 is 0.875 bits per heavy atom. The zero-order chi connectivity index (χ0) is 17.7. The fraction of sp³-hybridized carbons (Fsp3) is 0.250. The summed E-state index contributed by atoms with van der Waals surface area (Å²) in [4.78, 5) is 0. The summed E-state index contributed by atoms with van der Waals surface area (Å²) in [5.41, 5.74) is 0.790. The molecule has 2 aromatic carbocycles. The molecule has 0 aliphatic carbocycles. The van der Waals surface area contributed by atoms with E-state index >= 15 is 0 Å². The molecule has 0 fully saturated rings. The van der Waals surface area contributed by atoms with Gasteiger partial charge in [0.2, 0.25) is 0 Å². The average molecular weight is 360 g/mol. The molecule has 0 aromatic heterocycles. The van der Waals surface area contributed by atoms with E-state index in [-0.39, 0.29) is 11.1 Å². The lowest BCUT2D eigenvalue weighted by molar-refractivity contribution is 0.137. The van der Waals surface area contributed by atoms with E-state index in [2.05, 4.69) is 0 Å². The molecule has 24 heavy (non-hydrogen) atoms. The standard InChI is InChI=1S/C16H16F4O3Si/c1-21-24(22-2)23-8-7-10-3-5-11(6-4-10)12-9-13(17)15(19)16(20)14(12)18/h3-6,9,24H,7-8H2,1-2H3. The maximum atomic E-state index is 13.8. The molecule has 0 saturated carbocycles. The summed E-state index contributed by atoms with van der Waals surface area (Å²) >= 11 is 0. The van der Waals surface area contributed by atoms with Gasteiger partial charge in [-0.25, -0.2) is 17.6 Å². The molecule has 0 N–H and O–H groups in total. The smallest absolute Gasteiger partial charge is 0.379 e. The van der Waals surface area contributed by atoms with Crippen molar-refractivity contribution in [3.8, 4) is 11.1 Å². The van der Waals surface area contributed by atoms with Crippen molar-refractivity contribution in [2.75, 3.05) is 20.8 Å². The van der Waals surface area contributed by atoms with Crippen LogP contribution in [0.4, 0.5) is 17.6 Å². The Morgan fingerprint density at radius 2 is 1.50 bits per heavy atom. The monoisotopic (exact) mass is 360 g/mol. The van der Waals surface area contributed by atoms with E-state index in [0.717, 1.165) is 5.56 Å². The van der Waals surface area contributed by atoms with Crippen molar-refractivity contribution in [3.63, 3.8) is 0 Å².